The number of carbonyl (C=O) groups is 1. The molecule has 0 rings (SSSR count). The molecule has 0 aromatic rings. The van der Waals surface area contributed by atoms with Gasteiger partial charge >= 0.3 is 0 Å². The Bertz CT molecular complexity index is 280. The molecule has 0 heterocycles. The normalized spacial score (nSPS) is 10.4. The van der Waals surface area contributed by atoms with Gasteiger partial charge < -0.3 is 15.5 Å². The Hall–Kier alpha value is -0.790. The van der Waals surface area contributed by atoms with Gasteiger partial charge in [-0.25, -0.2) is 4.99 Å². The van der Waals surface area contributed by atoms with Crippen LogP contribution >= 0.6 is 24.0 Å². The van der Waals surface area contributed by atoms with Crippen LogP contribution in [0.2, 0.25) is 0 Å². The summed E-state index contributed by atoms with van der Waals surface area (Å²) >= 11 is 0. The van der Waals surface area contributed by atoms with Crippen molar-refractivity contribution in [3.05, 3.63) is 12.7 Å². The summed E-state index contributed by atoms with van der Waals surface area (Å²) < 4.78 is 0. The zero-order valence-corrected chi connectivity index (χ0v) is 14.6. The van der Waals surface area contributed by atoms with E-state index < -0.39 is 0 Å². The first-order valence-electron chi connectivity index (χ1n) is 6.45. The number of guanidine groups is 1. The molecular formula is C13H27IN4O. The number of nitrogens with zero attached hydrogens (tertiary/aromatic N) is 2. The monoisotopic (exact) mass is 382 g/mol. The molecule has 0 spiro atoms. The second-order valence-corrected chi connectivity index (χ2v) is 4.26. The summed E-state index contributed by atoms with van der Waals surface area (Å²) in [7, 11) is 3.45. The Morgan fingerprint density at radius 2 is 2.00 bits per heavy atom. The Morgan fingerprint density at radius 3 is 2.53 bits per heavy atom. The zero-order chi connectivity index (χ0) is 13.8. The number of carbonyl (C=O) groups excluding carboxylic acids is 1. The van der Waals surface area contributed by atoms with Gasteiger partial charge in [-0.2, -0.15) is 0 Å². The van der Waals surface area contributed by atoms with Crippen LogP contribution in [0.4, 0.5) is 0 Å². The molecule has 0 aromatic carbocycles. The van der Waals surface area contributed by atoms with Crippen molar-refractivity contribution < 1.29 is 4.79 Å². The van der Waals surface area contributed by atoms with Crippen molar-refractivity contribution in [3.8, 4) is 0 Å². The van der Waals surface area contributed by atoms with E-state index in [1.165, 1.54) is 17.7 Å². The lowest BCUT2D eigenvalue weighted by Gasteiger charge is -2.12. The van der Waals surface area contributed by atoms with Gasteiger partial charge in [-0.05, 0) is 6.42 Å². The lowest BCUT2D eigenvalue weighted by molar-refractivity contribution is -0.127. The summed E-state index contributed by atoms with van der Waals surface area (Å²) in [5.41, 5.74) is 0. The van der Waals surface area contributed by atoms with E-state index >= 15 is 0 Å². The Labute approximate surface area is 133 Å². The van der Waals surface area contributed by atoms with Gasteiger partial charge in [-0.3, -0.25) is 4.79 Å². The number of hydrogen-bond donors (Lipinski definition) is 2. The van der Waals surface area contributed by atoms with Gasteiger partial charge in [0.05, 0.1) is 0 Å². The van der Waals surface area contributed by atoms with Gasteiger partial charge in [0.2, 0.25) is 5.91 Å². The molecule has 2 N–H and O–H groups in total. The number of unbranched alkanes of at least 4 members (excludes halogenated alkanes) is 2. The van der Waals surface area contributed by atoms with E-state index in [0.29, 0.717) is 12.5 Å². The third-order valence-electron chi connectivity index (χ3n) is 2.36. The van der Waals surface area contributed by atoms with Gasteiger partial charge in [0.25, 0.3) is 0 Å². The average Bonchev–Trinajstić information content (AvgIpc) is 2.36. The second kappa shape index (κ2) is 13.6. The Morgan fingerprint density at radius 1 is 1.32 bits per heavy atom. The molecule has 1 amide bonds. The molecular weight excluding hydrogens is 355 g/mol. The van der Waals surface area contributed by atoms with Gasteiger partial charge in [0.15, 0.2) is 5.96 Å². The summed E-state index contributed by atoms with van der Waals surface area (Å²) in [5, 5.41) is 6.29. The molecule has 0 aliphatic rings. The van der Waals surface area contributed by atoms with Crippen LogP contribution in [-0.4, -0.2) is 50.5 Å². The van der Waals surface area contributed by atoms with Crippen LogP contribution in [0.3, 0.4) is 0 Å². The van der Waals surface area contributed by atoms with Crippen LogP contribution in [0.25, 0.3) is 0 Å². The molecule has 0 atom stereocenters. The minimum atomic E-state index is -0.0109. The number of nitrogens with one attached hydrogen (secondary N) is 2. The van der Waals surface area contributed by atoms with Crippen molar-refractivity contribution in [2.75, 3.05) is 33.7 Å². The zero-order valence-electron chi connectivity index (χ0n) is 12.2. The lowest BCUT2D eigenvalue weighted by atomic mass is 10.2. The number of likely N-dealkylation sites (N-methyl/N-ethyl adjacent to an activating group) is 1. The fraction of sp³-hybridized carbons (Fsp3) is 0.692. The Balaban J connectivity index is 0. The molecule has 0 unspecified atom stereocenters. The predicted octanol–water partition coefficient (Wildman–Crippen LogP) is 1.60. The first kappa shape index (κ1) is 20.5. The first-order chi connectivity index (χ1) is 8.61. The quantitative estimate of drug-likeness (QED) is 0.221. The largest absolute Gasteiger partial charge is 0.356 e. The minimum absolute atomic E-state index is 0. The minimum Gasteiger partial charge on any atom is -0.356 e. The van der Waals surface area contributed by atoms with Crippen LogP contribution in [0.1, 0.15) is 26.2 Å². The van der Waals surface area contributed by atoms with Crippen molar-refractivity contribution in [2.24, 2.45) is 4.99 Å². The standard InChI is InChI=1S/C13H26N4O.HI/c1-5-7-8-10-15-13(14-9-6-2)16-11-12(18)17(3)4;/h6H,2,5,7-11H2,1,3-4H3,(H2,14,15,16);1H. The second-order valence-electron chi connectivity index (χ2n) is 4.26. The van der Waals surface area contributed by atoms with Crippen LogP contribution in [-0.2, 0) is 4.79 Å². The summed E-state index contributed by atoms with van der Waals surface area (Å²) in [4.78, 5) is 17.2. The molecule has 0 saturated heterocycles. The van der Waals surface area contributed by atoms with Crippen molar-refractivity contribution in [3.63, 3.8) is 0 Å². The smallest absolute Gasteiger partial charge is 0.243 e. The highest BCUT2D eigenvalue weighted by molar-refractivity contribution is 14.0. The molecule has 112 valence electrons. The number of hydrogen-bond acceptors (Lipinski definition) is 2. The van der Waals surface area contributed by atoms with E-state index in [4.69, 9.17) is 0 Å². The maximum atomic E-state index is 11.4. The molecule has 5 nitrogen and oxygen atoms in total. The van der Waals surface area contributed by atoms with E-state index in [1.807, 2.05) is 0 Å². The molecule has 6 heteroatoms. The fourth-order valence-electron chi connectivity index (χ4n) is 1.21. The molecule has 0 fully saturated rings. The van der Waals surface area contributed by atoms with Crippen LogP contribution in [0.5, 0.6) is 0 Å². The Kier molecular flexibility index (Phi) is 14.7. The lowest BCUT2D eigenvalue weighted by Crippen LogP contribution is -2.39. The molecule has 0 radical (unpaired) electrons. The summed E-state index contributed by atoms with van der Waals surface area (Å²) in [5.74, 6) is 0.657. The number of halogens is 1. The van der Waals surface area contributed by atoms with Crippen LogP contribution in [0.15, 0.2) is 17.6 Å². The van der Waals surface area contributed by atoms with E-state index in [-0.39, 0.29) is 36.4 Å². The first-order valence-corrected chi connectivity index (χ1v) is 6.45. The molecule has 0 bridgehead atoms. The van der Waals surface area contributed by atoms with E-state index in [2.05, 4.69) is 29.1 Å². The maximum Gasteiger partial charge on any atom is 0.243 e. The number of aliphatic imine (C=N–C) groups is 1. The van der Waals surface area contributed by atoms with Crippen molar-refractivity contribution in [2.45, 2.75) is 26.2 Å². The van der Waals surface area contributed by atoms with Crippen molar-refractivity contribution in [1.82, 2.24) is 15.5 Å². The van der Waals surface area contributed by atoms with E-state index in [9.17, 15) is 4.79 Å². The summed E-state index contributed by atoms with van der Waals surface area (Å²) in [6, 6.07) is 0. The third kappa shape index (κ3) is 12.0. The molecule has 0 aliphatic heterocycles. The van der Waals surface area contributed by atoms with Gasteiger partial charge in [-0.1, -0.05) is 25.8 Å². The fourth-order valence-corrected chi connectivity index (χ4v) is 1.21. The van der Waals surface area contributed by atoms with Crippen LogP contribution < -0.4 is 10.6 Å². The van der Waals surface area contributed by atoms with Gasteiger partial charge in [0, 0.05) is 27.2 Å². The van der Waals surface area contributed by atoms with Crippen LogP contribution in [0, 0.1) is 0 Å². The third-order valence-corrected chi connectivity index (χ3v) is 2.36. The number of rotatable bonds is 8. The van der Waals surface area contributed by atoms with E-state index in [0.717, 1.165) is 13.0 Å². The van der Waals surface area contributed by atoms with E-state index in [1.54, 1.807) is 20.2 Å². The van der Waals surface area contributed by atoms with Gasteiger partial charge in [0.1, 0.15) is 6.54 Å². The summed E-state index contributed by atoms with van der Waals surface area (Å²) in [6.45, 7) is 7.48. The molecule has 19 heavy (non-hydrogen) atoms. The molecule has 0 aliphatic carbocycles. The van der Waals surface area contributed by atoms with Crippen molar-refractivity contribution >= 4 is 35.8 Å². The van der Waals surface area contributed by atoms with Gasteiger partial charge in [-0.15, -0.1) is 30.6 Å². The highest BCUT2D eigenvalue weighted by atomic mass is 127. The predicted molar refractivity (Wildman–Crippen MR) is 92.1 cm³/mol. The average molecular weight is 382 g/mol. The van der Waals surface area contributed by atoms with Crippen molar-refractivity contribution in [1.29, 1.82) is 0 Å². The SMILES string of the molecule is C=CCNC(=NCC(=O)N(C)C)NCCCCC.I. The topological polar surface area (TPSA) is 56.7 Å². The highest BCUT2D eigenvalue weighted by Crippen LogP contribution is 1.91. The number of amides is 1. The molecule has 0 aromatic heterocycles. The highest BCUT2D eigenvalue weighted by Gasteiger charge is 2.03. The molecule has 0 saturated carbocycles. The maximum absolute atomic E-state index is 11.4. The summed E-state index contributed by atoms with van der Waals surface area (Å²) in [6.07, 6.45) is 5.25.